The van der Waals surface area contributed by atoms with Crippen LogP contribution in [0.1, 0.15) is 13.8 Å². The molecule has 0 aromatic heterocycles. The number of esters is 1. The van der Waals surface area contributed by atoms with Gasteiger partial charge in [0.05, 0.1) is 18.4 Å². The van der Waals surface area contributed by atoms with Gasteiger partial charge in [0.25, 0.3) is 0 Å². The number of hydrogen-bond acceptors (Lipinski definition) is 3. The Balaban J connectivity index is 3.89. The highest BCUT2D eigenvalue weighted by molar-refractivity contribution is 5.87. The molecule has 0 atom stereocenters. The second kappa shape index (κ2) is 5.53. The van der Waals surface area contributed by atoms with Crippen molar-refractivity contribution in [1.82, 2.24) is 0 Å². The van der Waals surface area contributed by atoms with E-state index in [1.807, 2.05) is 0 Å². The molecule has 0 heterocycles. The van der Waals surface area contributed by atoms with Crippen LogP contribution in [0.5, 0.6) is 0 Å². The van der Waals surface area contributed by atoms with Gasteiger partial charge >= 0.3 is 5.97 Å². The third-order valence-corrected chi connectivity index (χ3v) is 0.938. The van der Waals surface area contributed by atoms with Crippen molar-refractivity contribution in [2.45, 2.75) is 13.8 Å². The molecule has 0 saturated carbocycles. The average molecular weight is 156 g/mol. The van der Waals surface area contributed by atoms with Crippen LogP contribution in [0, 0.1) is 0 Å². The zero-order valence-corrected chi connectivity index (χ0v) is 6.79. The summed E-state index contributed by atoms with van der Waals surface area (Å²) >= 11 is 0. The van der Waals surface area contributed by atoms with Crippen LogP contribution in [0.25, 0.3) is 0 Å². The highest BCUT2D eigenvalue weighted by atomic mass is 16.5. The molecule has 0 saturated heterocycles. The molecule has 0 aromatic rings. The van der Waals surface area contributed by atoms with E-state index in [1.165, 1.54) is 12.5 Å². The summed E-state index contributed by atoms with van der Waals surface area (Å²) in [5.41, 5.74) is 0.423. The molecule has 3 heteroatoms. The minimum Gasteiger partial charge on any atom is -0.473 e. The predicted molar refractivity (Wildman–Crippen MR) is 41.7 cm³/mol. The molecule has 0 rings (SSSR count). The van der Waals surface area contributed by atoms with Crippen LogP contribution in [0.3, 0.4) is 0 Å². The first kappa shape index (κ1) is 9.75. The first-order valence-corrected chi connectivity index (χ1v) is 3.32. The normalized spacial score (nSPS) is 10.5. The lowest BCUT2D eigenvalue weighted by Gasteiger charge is -1.99. The van der Waals surface area contributed by atoms with Gasteiger partial charge in [-0.1, -0.05) is 6.58 Å². The summed E-state index contributed by atoms with van der Waals surface area (Å²) in [5.74, 6) is -0.366. The SMILES string of the molecule is C=CO/C=C(\C)C(=O)OCC. The molecule has 0 N–H and O–H groups in total. The molecule has 11 heavy (non-hydrogen) atoms. The van der Waals surface area contributed by atoms with Gasteiger partial charge < -0.3 is 9.47 Å². The van der Waals surface area contributed by atoms with E-state index in [9.17, 15) is 4.79 Å². The molecule has 0 aliphatic carbocycles. The Morgan fingerprint density at radius 3 is 2.73 bits per heavy atom. The third-order valence-electron chi connectivity index (χ3n) is 0.938. The molecule has 0 amide bonds. The molecule has 0 spiro atoms. The Hall–Kier alpha value is -1.25. The van der Waals surface area contributed by atoms with Crippen LogP contribution in [0.2, 0.25) is 0 Å². The maximum Gasteiger partial charge on any atom is 0.336 e. The van der Waals surface area contributed by atoms with E-state index < -0.39 is 0 Å². The topological polar surface area (TPSA) is 35.5 Å². The van der Waals surface area contributed by atoms with E-state index in [0.717, 1.165) is 0 Å². The van der Waals surface area contributed by atoms with Gasteiger partial charge in [-0.3, -0.25) is 0 Å². The van der Waals surface area contributed by atoms with Crippen molar-refractivity contribution in [3.8, 4) is 0 Å². The van der Waals surface area contributed by atoms with Crippen LogP contribution >= 0.6 is 0 Å². The summed E-state index contributed by atoms with van der Waals surface area (Å²) in [6.07, 6.45) is 2.54. The molecular weight excluding hydrogens is 144 g/mol. The van der Waals surface area contributed by atoms with Gasteiger partial charge in [0.15, 0.2) is 0 Å². The molecule has 0 aliphatic heterocycles. The third kappa shape index (κ3) is 4.19. The number of carbonyl (C=O) groups is 1. The molecule has 3 nitrogen and oxygen atoms in total. The lowest BCUT2D eigenvalue weighted by Crippen LogP contribution is -2.04. The molecule has 0 bridgehead atoms. The minimum absolute atomic E-state index is 0.366. The number of ether oxygens (including phenoxy) is 2. The van der Waals surface area contributed by atoms with Crippen molar-refractivity contribution in [2.75, 3.05) is 6.61 Å². The van der Waals surface area contributed by atoms with Gasteiger partial charge in [0.2, 0.25) is 0 Å². The fourth-order valence-electron chi connectivity index (χ4n) is 0.443. The second-order valence-corrected chi connectivity index (χ2v) is 1.82. The van der Waals surface area contributed by atoms with Crippen LogP contribution < -0.4 is 0 Å². The standard InChI is InChI=1S/C8H12O3/c1-4-10-6-7(3)8(9)11-5-2/h4,6H,1,5H2,2-3H3/b7-6+. The first-order valence-electron chi connectivity index (χ1n) is 3.32. The zero-order valence-electron chi connectivity index (χ0n) is 6.79. The quantitative estimate of drug-likeness (QED) is 0.352. The lowest BCUT2D eigenvalue weighted by atomic mass is 10.3. The summed E-state index contributed by atoms with van der Waals surface area (Å²) in [7, 11) is 0. The highest BCUT2D eigenvalue weighted by Gasteiger charge is 2.02. The minimum atomic E-state index is -0.366. The maximum atomic E-state index is 10.8. The van der Waals surface area contributed by atoms with Gasteiger partial charge in [-0.25, -0.2) is 4.79 Å². The fourth-order valence-corrected chi connectivity index (χ4v) is 0.443. The molecular formula is C8H12O3. The van der Waals surface area contributed by atoms with Crippen molar-refractivity contribution in [1.29, 1.82) is 0 Å². The first-order chi connectivity index (χ1) is 5.22. The van der Waals surface area contributed by atoms with Crippen molar-refractivity contribution in [2.24, 2.45) is 0 Å². The van der Waals surface area contributed by atoms with E-state index in [4.69, 9.17) is 0 Å². The zero-order chi connectivity index (χ0) is 8.69. The molecule has 0 aliphatic rings. The van der Waals surface area contributed by atoms with Crippen molar-refractivity contribution < 1.29 is 14.3 Å². The van der Waals surface area contributed by atoms with E-state index in [2.05, 4.69) is 16.1 Å². The van der Waals surface area contributed by atoms with Crippen LogP contribution in [-0.4, -0.2) is 12.6 Å². The molecule has 0 radical (unpaired) electrons. The van der Waals surface area contributed by atoms with E-state index in [0.29, 0.717) is 12.2 Å². The largest absolute Gasteiger partial charge is 0.473 e. The van der Waals surface area contributed by atoms with Gasteiger partial charge in [0.1, 0.15) is 6.26 Å². The van der Waals surface area contributed by atoms with Crippen LogP contribution in [0.4, 0.5) is 0 Å². The maximum absolute atomic E-state index is 10.8. The Bertz CT molecular complexity index is 170. The smallest absolute Gasteiger partial charge is 0.336 e. The molecule has 0 unspecified atom stereocenters. The average Bonchev–Trinajstić information content (AvgIpc) is 2.00. The van der Waals surface area contributed by atoms with E-state index >= 15 is 0 Å². The Kier molecular flexibility index (Phi) is 4.90. The second-order valence-electron chi connectivity index (χ2n) is 1.82. The van der Waals surface area contributed by atoms with Gasteiger partial charge in [-0.05, 0) is 13.8 Å². The van der Waals surface area contributed by atoms with Gasteiger partial charge in [-0.2, -0.15) is 0 Å². The summed E-state index contributed by atoms with van der Waals surface area (Å²) < 4.78 is 9.34. The van der Waals surface area contributed by atoms with Crippen LogP contribution in [0.15, 0.2) is 24.7 Å². The van der Waals surface area contributed by atoms with Gasteiger partial charge in [0, 0.05) is 0 Å². The van der Waals surface area contributed by atoms with Crippen molar-refractivity contribution in [3.63, 3.8) is 0 Å². The number of hydrogen-bond donors (Lipinski definition) is 0. The Morgan fingerprint density at radius 2 is 2.27 bits per heavy atom. The molecule has 0 fully saturated rings. The van der Waals surface area contributed by atoms with Crippen molar-refractivity contribution in [3.05, 3.63) is 24.7 Å². The molecule has 0 aromatic carbocycles. The Labute approximate surface area is 66.3 Å². The number of carbonyl (C=O) groups excluding carboxylic acids is 1. The highest BCUT2D eigenvalue weighted by Crippen LogP contribution is 1.96. The fraction of sp³-hybridized carbons (Fsp3) is 0.375. The summed E-state index contributed by atoms with van der Waals surface area (Å²) in [5, 5.41) is 0. The van der Waals surface area contributed by atoms with Crippen LogP contribution in [-0.2, 0) is 14.3 Å². The summed E-state index contributed by atoms with van der Waals surface area (Å²) in [6, 6.07) is 0. The summed E-state index contributed by atoms with van der Waals surface area (Å²) in [4.78, 5) is 10.8. The van der Waals surface area contributed by atoms with E-state index in [-0.39, 0.29) is 5.97 Å². The summed E-state index contributed by atoms with van der Waals surface area (Å²) in [6.45, 7) is 7.05. The predicted octanol–water partition coefficient (Wildman–Crippen LogP) is 1.61. The number of rotatable bonds is 4. The van der Waals surface area contributed by atoms with Crippen molar-refractivity contribution >= 4 is 5.97 Å². The monoisotopic (exact) mass is 156 g/mol. The lowest BCUT2D eigenvalue weighted by molar-refractivity contribution is -0.138. The van der Waals surface area contributed by atoms with Gasteiger partial charge in [-0.15, -0.1) is 0 Å². The Morgan fingerprint density at radius 1 is 1.64 bits per heavy atom. The molecule has 62 valence electrons. The van der Waals surface area contributed by atoms with E-state index in [1.54, 1.807) is 13.8 Å².